The molecule has 308 valence electrons. The maximum Gasteiger partial charge on any atom is 2.00 e. The minimum absolute atomic E-state index is 0. The fourth-order valence-electron chi connectivity index (χ4n) is 6.35. The molecule has 0 saturated carbocycles. The van der Waals surface area contributed by atoms with Crippen molar-refractivity contribution in [3.8, 4) is 34.5 Å². The van der Waals surface area contributed by atoms with Gasteiger partial charge in [-0.15, -0.1) is 5.75 Å². The molecule has 0 atom stereocenters. The number of benzene rings is 4. The van der Waals surface area contributed by atoms with Crippen LogP contribution in [0.1, 0.15) is 128 Å². The van der Waals surface area contributed by atoms with Crippen LogP contribution in [0.15, 0.2) is 94.7 Å². The molecule has 0 amide bonds. The molecule has 0 radical (unpaired) electrons. The first-order valence-corrected chi connectivity index (χ1v) is 22.8. The van der Waals surface area contributed by atoms with Crippen LogP contribution in [0.5, 0.6) is 34.5 Å². The minimum Gasteiger partial charge on any atom is -0.872 e. The summed E-state index contributed by atoms with van der Waals surface area (Å²) < 4.78 is 77.6. The largest absolute Gasteiger partial charge is 2.00 e. The van der Waals surface area contributed by atoms with E-state index in [9.17, 15) is 36.2 Å². The van der Waals surface area contributed by atoms with Crippen molar-refractivity contribution >= 4 is 58.0 Å². The van der Waals surface area contributed by atoms with Crippen LogP contribution < -0.4 is 14.6 Å². The Morgan fingerprint density at radius 3 is 1.42 bits per heavy atom. The van der Waals surface area contributed by atoms with Crippen LogP contribution in [-0.2, 0) is 33.1 Å². The van der Waals surface area contributed by atoms with Gasteiger partial charge in [-0.3, -0.25) is 4.55 Å². The fraction of sp³-hybridized carbons (Fsp3) is 0.455. The standard InChI is InChI=1S/2C22H30O5S.Ca/c2*1-2-3-4-5-6-7-8-9-12-18-15-19(23)17-20(16-18)27-21-13-10-11-14-22(21)28(24,25)26;/h2*10-11,13-17,23H,2-9,12H2,1H3,(H,24,25,26);/q;;+2/p-2. The molecule has 13 heteroatoms. The smallest absolute Gasteiger partial charge is 0.872 e. The Bertz CT molecular complexity index is 1840. The third kappa shape index (κ3) is 20.1. The summed E-state index contributed by atoms with van der Waals surface area (Å²) >= 11 is 0. The van der Waals surface area contributed by atoms with Crippen LogP contribution in [0.4, 0.5) is 0 Å². The van der Waals surface area contributed by atoms with E-state index in [-0.39, 0.29) is 71.4 Å². The summed E-state index contributed by atoms with van der Waals surface area (Å²) in [6.07, 6.45) is 21.1. The van der Waals surface area contributed by atoms with E-state index < -0.39 is 25.1 Å². The number of ether oxygens (including phenoxy) is 2. The molecule has 4 aromatic rings. The number of rotatable bonds is 24. The van der Waals surface area contributed by atoms with Crippen molar-refractivity contribution in [2.45, 2.75) is 139 Å². The second kappa shape index (κ2) is 27.0. The molecule has 4 rings (SSSR count). The molecule has 0 aliphatic carbocycles. The molecule has 0 fully saturated rings. The van der Waals surface area contributed by atoms with Gasteiger partial charge in [0.2, 0.25) is 0 Å². The summed E-state index contributed by atoms with van der Waals surface area (Å²) in [5.74, 6) is 0.407. The molecular weight excluding hydrogens is 793 g/mol. The summed E-state index contributed by atoms with van der Waals surface area (Å²) in [5, 5.41) is 21.9. The molecule has 0 spiro atoms. The summed E-state index contributed by atoms with van der Waals surface area (Å²) in [7, 11) is -9.05. The number of hydrogen-bond donors (Lipinski definition) is 2. The molecule has 0 heterocycles. The summed E-state index contributed by atoms with van der Waals surface area (Å²) in [4.78, 5) is -0.737. The molecule has 0 aromatic heterocycles. The molecule has 10 nitrogen and oxygen atoms in total. The number of para-hydroxylation sites is 2. The Balaban J connectivity index is 0.000000387. The third-order valence-electron chi connectivity index (χ3n) is 9.23. The first-order valence-electron chi connectivity index (χ1n) is 19.9. The molecular formula is C44H58CaO10S2. The quantitative estimate of drug-likeness (QED) is 0.0392. The van der Waals surface area contributed by atoms with Gasteiger partial charge in [-0.25, -0.2) is 8.42 Å². The van der Waals surface area contributed by atoms with E-state index in [2.05, 4.69) is 13.8 Å². The number of unbranched alkanes of at least 4 members (excludes halogenated alkanes) is 14. The van der Waals surface area contributed by atoms with Gasteiger partial charge < -0.3 is 24.2 Å². The van der Waals surface area contributed by atoms with Crippen LogP contribution >= 0.6 is 0 Å². The van der Waals surface area contributed by atoms with Crippen LogP contribution in [0.3, 0.4) is 0 Å². The number of phenolic OH excluding ortho intramolecular Hbond substituents is 1. The molecule has 0 bridgehead atoms. The van der Waals surface area contributed by atoms with E-state index in [0.29, 0.717) is 5.75 Å². The van der Waals surface area contributed by atoms with Crippen LogP contribution in [-0.4, -0.2) is 68.8 Å². The van der Waals surface area contributed by atoms with Gasteiger partial charge >= 0.3 is 37.7 Å². The van der Waals surface area contributed by atoms with Crippen molar-refractivity contribution in [3.63, 3.8) is 0 Å². The Kier molecular flexibility index (Phi) is 23.8. The maximum atomic E-state index is 12.0. The van der Waals surface area contributed by atoms with Gasteiger partial charge in [0.25, 0.3) is 10.1 Å². The summed E-state index contributed by atoms with van der Waals surface area (Å²) in [6.45, 7) is 4.43. The summed E-state index contributed by atoms with van der Waals surface area (Å²) in [6, 6.07) is 21.0. The van der Waals surface area contributed by atoms with Gasteiger partial charge in [-0.2, -0.15) is 8.42 Å². The Labute approximate surface area is 370 Å². The second-order valence-corrected chi connectivity index (χ2v) is 16.9. The van der Waals surface area contributed by atoms with Gasteiger partial charge in [0.05, 0.1) is 4.90 Å². The second-order valence-electron chi connectivity index (χ2n) is 14.1. The SMILES string of the molecule is CCCCCCCCCCc1cc(O)cc(Oc2ccccc2S(=O)(=O)O)c1.CCCCCCCCCCc1cc([O-])cc(Oc2ccccc2S(=O)(=O)[O-])c1.[Ca+2]. The van der Waals surface area contributed by atoms with Gasteiger partial charge in [0.1, 0.15) is 43.8 Å². The minimum atomic E-state index is -4.66. The number of aryl methyl sites for hydroxylation is 2. The average molecular weight is 851 g/mol. The van der Waals surface area contributed by atoms with Crippen LogP contribution in [0.25, 0.3) is 0 Å². The van der Waals surface area contributed by atoms with Gasteiger partial charge in [0, 0.05) is 6.07 Å². The molecule has 0 aliphatic heterocycles. The monoisotopic (exact) mass is 850 g/mol. The predicted molar refractivity (Wildman–Crippen MR) is 223 cm³/mol. The predicted octanol–water partition coefficient (Wildman–Crippen LogP) is 10.9. The fourth-order valence-corrected chi connectivity index (χ4v) is 7.57. The van der Waals surface area contributed by atoms with Crippen molar-refractivity contribution in [2.75, 3.05) is 0 Å². The molecule has 0 unspecified atom stereocenters. The van der Waals surface area contributed by atoms with E-state index in [1.54, 1.807) is 36.4 Å². The van der Waals surface area contributed by atoms with Crippen molar-refractivity contribution in [1.29, 1.82) is 0 Å². The molecule has 2 N–H and O–H groups in total. The first-order chi connectivity index (χ1) is 26.8. The summed E-state index contributed by atoms with van der Waals surface area (Å²) in [5.41, 5.74) is 1.79. The van der Waals surface area contributed by atoms with E-state index in [4.69, 9.17) is 9.47 Å². The van der Waals surface area contributed by atoms with Crippen molar-refractivity contribution < 1.29 is 45.6 Å². The zero-order chi connectivity index (χ0) is 40.8. The molecule has 57 heavy (non-hydrogen) atoms. The topological polar surface area (TPSA) is 173 Å². The van der Waals surface area contributed by atoms with E-state index in [0.717, 1.165) is 49.7 Å². The Morgan fingerprint density at radius 2 is 0.947 bits per heavy atom. The van der Waals surface area contributed by atoms with E-state index >= 15 is 0 Å². The number of aromatic hydroxyl groups is 1. The van der Waals surface area contributed by atoms with Crippen molar-refractivity contribution in [3.05, 3.63) is 96.1 Å². The zero-order valence-electron chi connectivity index (χ0n) is 33.5. The maximum absolute atomic E-state index is 12.0. The van der Waals surface area contributed by atoms with Gasteiger partial charge in [-0.1, -0.05) is 134 Å². The normalized spacial score (nSPS) is 11.3. The Morgan fingerprint density at radius 1 is 0.544 bits per heavy atom. The van der Waals surface area contributed by atoms with E-state index in [1.165, 1.54) is 126 Å². The number of hydrogen-bond acceptors (Lipinski definition) is 9. The third-order valence-corrected chi connectivity index (χ3v) is 11.0. The van der Waals surface area contributed by atoms with Crippen molar-refractivity contribution in [1.82, 2.24) is 0 Å². The average Bonchev–Trinajstić information content (AvgIpc) is 3.13. The van der Waals surface area contributed by atoms with Gasteiger partial charge in [0.15, 0.2) is 0 Å². The Hall–Kier alpha value is -2.84. The van der Waals surface area contributed by atoms with E-state index in [1.807, 2.05) is 0 Å². The zero-order valence-corrected chi connectivity index (χ0v) is 37.3. The number of phenols is 1. The molecule has 4 aromatic carbocycles. The van der Waals surface area contributed by atoms with Crippen molar-refractivity contribution in [2.24, 2.45) is 0 Å². The van der Waals surface area contributed by atoms with Crippen LogP contribution in [0, 0.1) is 0 Å². The first kappa shape index (κ1) is 50.3. The van der Waals surface area contributed by atoms with Gasteiger partial charge in [-0.05, 0) is 85.3 Å². The van der Waals surface area contributed by atoms with Crippen LogP contribution in [0.2, 0.25) is 0 Å². The molecule has 0 aliphatic rings. The molecule has 0 saturated heterocycles.